The van der Waals surface area contributed by atoms with Crippen molar-refractivity contribution in [3.05, 3.63) is 48.5 Å². The summed E-state index contributed by atoms with van der Waals surface area (Å²) in [6, 6.07) is 9.63. The number of carbonyl (C=O) groups excluding carboxylic acids is 2. The van der Waals surface area contributed by atoms with Gasteiger partial charge in [-0.25, -0.2) is 4.21 Å². The quantitative estimate of drug-likeness (QED) is 0.525. The Morgan fingerprint density at radius 3 is 2.10 bits per heavy atom. The van der Waals surface area contributed by atoms with Gasteiger partial charge in [0.25, 0.3) is 0 Å². The molecule has 0 saturated carbocycles. The summed E-state index contributed by atoms with van der Waals surface area (Å²) in [5.41, 5.74) is -2.21. The summed E-state index contributed by atoms with van der Waals surface area (Å²) in [7, 11) is -5.62. The van der Waals surface area contributed by atoms with E-state index < -0.39 is 38.1 Å². The first-order valence-corrected chi connectivity index (χ1v) is 11.2. The van der Waals surface area contributed by atoms with Gasteiger partial charge in [0.05, 0.1) is 10.6 Å². The van der Waals surface area contributed by atoms with Crippen molar-refractivity contribution >= 4 is 38.2 Å². The van der Waals surface area contributed by atoms with Crippen LogP contribution in [0, 0.1) is 5.41 Å². The minimum atomic E-state index is -5.62. The summed E-state index contributed by atoms with van der Waals surface area (Å²) in [6.07, 6.45) is 1.60. The SMILES string of the molecule is C=Cc1ccc(S(=O)(O)(O)CC(C)(C(C)=O)C(=O)OC(C)(C)C)c2ccccc12. The van der Waals surface area contributed by atoms with E-state index >= 15 is 0 Å². The maximum Gasteiger partial charge on any atom is 0.320 e. The van der Waals surface area contributed by atoms with Crippen LogP contribution in [0.5, 0.6) is 0 Å². The van der Waals surface area contributed by atoms with E-state index in [1.165, 1.54) is 13.0 Å². The van der Waals surface area contributed by atoms with E-state index in [2.05, 4.69) is 6.58 Å². The molecule has 2 N–H and O–H groups in total. The summed E-state index contributed by atoms with van der Waals surface area (Å²) >= 11 is 0. The fraction of sp³-hybridized carbons (Fsp3) is 0.364. The Morgan fingerprint density at radius 2 is 1.62 bits per heavy atom. The van der Waals surface area contributed by atoms with Gasteiger partial charge in [-0.1, -0.05) is 43.0 Å². The molecule has 0 saturated heterocycles. The predicted molar refractivity (Wildman–Crippen MR) is 115 cm³/mol. The molecule has 0 aliphatic rings. The van der Waals surface area contributed by atoms with Crippen molar-refractivity contribution in [2.45, 2.75) is 45.1 Å². The molecular formula is C22H28O6S. The van der Waals surface area contributed by atoms with Crippen molar-refractivity contribution in [1.82, 2.24) is 0 Å². The molecule has 0 aliphatic carbocycles. The lowest BCUT2D eigenvalue weighted by atomic mass is 9.88. The zero-order chi connectivity index (χ0) is 22.3. The first-order chi connectivity index (χ1) is 13.1. The van der Waals surface area contributed by atoms with E-state index in [1.807, 2.05) is 0 Å². The summed E-state index contributed by atoms with van der Waals surface area (Å²) < 4.78 is 40.8. The maximum absolute atomic E-state index is 13.5. The number of esters is 1. The molecule has 0 aliphatic heterocycles. The number of ether oxygens (including phenoxy) is 1. The fourth-order valence-electron chi connectivity index (χ4n) is 3.12. The average molecular weight is 421 g/mol. The van der Waals surface area contributed by atoms with Crippen molar-refractivity contribution in [2.24, 2.45) is 5.41 Å². The lowest BCUT2D eigenvalue weighted by molar-refractivity contribution is -0.167. The molecule has 0 heterocycles. The smallest absolute Gasteiger partial charge is 0.320 e. The molecule has 1 unspecified atom stereocenters. The minimum Gasteiger partial charge on any atom is -0.459 e. The largest absolute Gasteiger partial charge is 0.459 e. The number of benzene rings is 2. The number of ketones is 1. The van der Waals surface area contributed by atoms with Crippen molar-refractivity contribution in [3.8, 4) is 0 Å². The number of rotatable bonds is 6. The maximum atomic E-state index is 13.5. The van der Waals surface area contributed by atoms with Crippen LogP contribution in [0.3, 0.4) is 0 Å². The molecule has 158 valence electrons. The molecule has 0 aromatic heterocycles. The van der Waals surface area contributed by atoms with E-state index in [9.17, 15) is 22.9 Å². The molecular weight excluding hydrogens is 392 g/mol. The number of carbonyl (C=O) groups is 2. The Bertz CT molecular complexity index is 1060. The highest BCUT2D eigenvalue weighted by Crippen LogP contribution is 2.41. The predicted octanol–water partition coefficient (Wildman–Crippen LogP) is 4.54. The molecule has 0 bridgehead atoms. The molecule has 1 atom stereocenters. The molecule has 0 amide bonds. The highest BCUT2D eigenvalue weighted by molar-refractivity contribution is 8.10. The van der Waals surface area contributed by atoms with Crippen molar-refractivity contribution in [2.75, 3.05) is 5.75 Å². The zero-order valence-corrected chi connectivity index (χ0v) is 18.2. The number of fused-ring (bicyclic) bond motifs is 1. The molecule has 6 nitrogen and oxygen atoms in total. The highest BCUT2D eigenvalue weighted by atomic mass is 32.3. The lowest BCUT2D eigenvalue weighted by Gasteiger charge is -2.39. The van der Waals surface area contributed by atoms with Crippen LogP contribution in [0.25, 0.3) is 16.8 Å². The monoisotopic (exact) mass is 420 g/mol. The van der Waals surface area contributed by atoms with Gasteiger partial charge in [0.15, 0.2) is 0 Å². The Labute approximate surface area is 171 Å². The van der Waals surface area contributed by atoms with Crippen LogP contribution in [0.1, 0.15) is 40.2 Å². The van der Waals surface area contributed by atoms with Gasteiger partial charge in [-0.15, -0.1) is 0 Å². The topological polar surface area (TPSA) is 101 Å². The zero-order valence-electron chi connectivity index (χ0n) is 17.4. The van der Waals surface area contributed by atoms with Crippen LogP contribution in [-0.4, -0.2) is 36.4 Å². The second-order valence-corrected chi connectivity index (χ2v) is 11.2. The minimum absolute atomic E-state index is 0.251. The van der Waals surface area contributed by atoms with E-state index in [0.717, 1.165) is 6.92 Å². The van der Waals surface area contributed by atoms with Crippen LogP contribution in [0.4, 0.5) is 0 Å². The first kappa shape index (κ1) is 22.9. The molecule has 2 aromatic rings. The third-order valence-electron chi connectivity index (χ3n) is 4.76. The Hall–Kier alpha value is -2.35. The third-order valence-corrected chi connectivity index (χ3v) is 7.09. The molecule has 0 spiro atoms. The second-order valence-electron chi connectivity index (χ2n) is 8.45. The van der Waals surface area contributed by atoms with Crippen molar-refractivity contribution in [3.63, 3.8) is 0 Å². The molecule has 2 rings (SSSR count). The number of hydrogen-bond acceptors (Lipinski definition) is 4. The van der Waals surface area contributed by atoms with Gasteiger partial charge in [-0.2, -0.15) is 0 Å². The Kier molecular flexibility index (Phi) is 5.66. The van der Waals surface area contributed by atoms with E-state index in [4.69, 9.17) is 4.74 Å². The van der Waals surface area contributed by atoms with Gasteiger partial charge < -0.3 is 13.8 Å². The van der Waals surface area contributed by atoms with Crippen LogP contribution in [-0.2, 0) is 24.0 Å². The van der Waals surface area contributed by atoms with Gasteiger partial charge in [0.1, 0.15) is 26.4 Å². The highest BCUT2D eigenvalue weighted by Gasteiger charge is 2.51. The van der Waals surface area contributed by atoms with Crippen molar-refractivity contribution < 1.29 is 27.6 Å². The van der Waals surface area contributed by atoms with Crippen LogP contribution >= 0.6 is 0 Å². The van der Waals surface area contributed by atoms with Gasteiger partial charge in [0, 0.05) is 5.39 Å². The lowest BCUT2D eigenvalue weighted by Crippen LogP contribution is -2.51. The molecule has 2 aromatic carbocycles. The van der Waals surface area contributed by atoms with Crippen molar-refractivity contribution in [1.29, 1.82) is 0 Å². The van der Waals surface area contributed by atoms with Crippen LogP contribution < -0.4 is 0 Å². The Morgan fingerprint density at radius 1 is 1.07 bits per heavy atom. The molecule has 0 fully saturated rings. The van der Waals surface area contributed by atoms with Gasteiger partial charge >= 0.3 is 5.97 Å². The first-order valence-electron chi connectivity index (χ1n) is 9.13. The van der Waals surface area contributed by atoms with Gasteiger partial charge in [-0.3, -0.25) is 9.59 Å². The van der Waals surface area contributed by atoms with E-state index in [-0.39, 0.29) is 4.90 Å². The van der Waals surface area contributed by atoms with Gasteiger partial charge in [0.2, 0.25) is 0 Å². The normalized spacial score (nSPS) is 15.8. The standard InChI is InChI=1S/C22H28O6S/c1-7-16-12-13-19(18-11-9-8-10-17(16)18)29(25,26,27)14-22(6,15(2)23)20(24)28-21(3,4)5/h7-13H,1,14H2,2-6H3,(H2,25,26,27). The number of hydrogen-bond donors (Lipinski definition) is 2. The molecule has 7 heteroatoms. The fourth-order valence-corrected chi connectivity index (χ4v) is 5.60. The van der Waals surface area contributed by atoms with Crippen LogP contribution in [0.15, 0.2) is 47.9 Å². The summed E-state index contributed by atoms with van der Waals surface area (Å²) in [5.74, 6) is -2.65. The third kappa shape index (κ3) is 4.63. The second kappa shape index (κ2) is 7.16. The van der Waals surface area contributed by atoms with Crippen LogP contribution in [0.2, 0.25) is 0 Å². The Balaban J connectivity index is 2.67. The van der Waals surface area contributed by atoms with Gasteiger partial charge in [-0.05, 0) is 51.6 Å². The van der Waals surface area contributed by atoms with E-state index in [0.29, 0.717) is 16.3 Å². The summed E-state index contributed by atoms with van der Waals surface area (Å²) in [4.78, 5) is 24.8. The average Bonchev–Trinajstić information content (AvgIpc) is 2.58. The van der Waals surface area contributed by atoms with E-state index in [1.54, 1.807) is 57.2 Å². The molecule has 0 radical (unpaired) electrons. The summed E-state index contributed by atoms with van der Waals surface area (Å²) in [6.45, 7) is 10.9. The molecule has 29 heavy (non-hydrogen) atoms. The number of Topliss-reactive ketones (excluding diaryl/α,β-unsaturated/α-hetero) is 1. The summed E-state index contributed by atoms with van der Waals surface area (Å²) in [5, 5.41) is 0.950.